The number of hydrogen-bond acceptors (Lipinski definition) is 4. The molecule has 0 amide bonds. The summed E-state index contributed by atoms with van der Waals surface area (Å²) >= 11 is 0. The lowest BCUT2D eigenvalue weighted by Gasteiger charge is -2.26. The van der Waals surface area contributed by atoms with Gasteiger partial charge in [-0.05, 0) is 49.9 Å². The van der Waals surface area contributed by atoms with Gasteiger partial charge in [0, 0.05) is 31.0 Å². The zero-order chi connectivity index (χ0) is 15.6. The number of pyridine rings is 2. The van der Waals surface area contributed by atoms with Gasteiger partial charge in [0.15, 0.2) is 0 Å². The zero-order valence-corrected chi connectivity index (χ0v) is 13.6. The Morgan fingerprint density at radius 2 is 2.04 bits per heavy atom. The van der Waals surface area contributed by atoms with Crippen LogP contribution < -0.4 is 0 Å². The van der Waals surface area contributed by atoms with Crippen LogP contribution in [-0.4, -0.2) is 33.6 Å². The lowest BCUT2D eigenvalue weighted by Crippen LogP contribution is -2.35. The molecule has 0 aromatic carbocycles. The van der Waals surface area contributed by atoms with Crippen molar-refractivity contribution in [1.82, 2.24) is 14.9 Å². The van der Waals surface area contributed by atoms with Crippen molar-refractivity contribution in [3.05, 3.63) is 59.7 Å². The third-order valence-corrected chi connectivity index (χ3v) is 5.08. The SMILES string of the molecule is Cc1cccc(CN2CC3CCC2C3OCc2ccccn2)n1. The monoisotopic (exact) mass is 309 g/mol. The molecule has 1 aliphatic carbocycles. The molecule has 0 spiro atoms. The number of aromatic nitrogens is 2. The smallest absolute Gasteiger partial charge is 0.0892 e. The maximum atomic E-state index is 6.24. The predicted octanol–water partition coefficient (Wildman–Crippen LogP) is 2.96. The second-order valence-corrected chi connectivity index (χ2v) is 6.70. The Kier molecular flexibility index (Phi) is 4.10. The quantitative estimate of drug-likeness (QED) is 0.851. The zero-order valence-electron chi connectivity index (χ0n) is 13.6. The maximum Gasteiger partial charge on any atom is 0.0892 e. The maximum absolute atomic E-state index is 6.24. The highest BCUT2D eigenvalue weighted by atomic mass is 16.5. The fourth-order valence-electron chi connectivity index (χ4n) is 4.04. The Morgan fingerprint density at radius 1 is 1.13 bits per heavy atom. The molecule has 2 fully saturated rings. The van der Waals surface area contributed by atoms with E-state index in [1.807, 2.05) is 24.4 Å². The fraction of sp³-hybridized carbons (Fsp3) is 0.474. The van der Waals surface area contributed by atoms with E-state index in [1.54, 1.807) is 0 Å². The highest BCUT2D eigenvalue weighted by Crippen LogP contribution is 2.40. The highest BCUT2D eigenvalue weighted by molar-refractivity contribution is 5.12. The van der Waals surface area contributed by atoms with Crippen LogP contribution in [0, 0.1) is 12.8 Å². The van der Waals surface area contributed by atoms with Gasteiger partial charge >= 0.3 is 0 Å². The summed E-state index contributed by atoms with van der Waals surface area (Å²) in [5.74, 6) is 0.661. The molecular formula is C19H23N3O. The number of aryl methyl sites for hydroxylation is 1. The van der Waals surface area contributed by atoms with Gasteiger partial charge in [-0.2, -0.15) is 0 Å². The topological polar surface area (TPSA) is 38.2 Å². The molecule has 3 atom stereocenters. The molecule has 2 aromatic rings. The van der Waals surface area contributed by atoms with E-state index in [-0.39, 0.29) is 0 Å². The molecule has 1 saturated heterocycles. The van der Waals surface area contributed by atoms with Crippen molar-refractivity contribution in [2.75, 3.05) is 6.54 Å². The standard InChI is InChI=1S/C19H23N3O/c1-14-5-4-7-16(21-14)12-22-11-15-8-9-18(22)19(15)23-13-17-6-2-3-10-20-17/h2-7,10,15,18-19H,8-9,11-13H2,1H3. The van der Waals surface area contributed by atoms with Crippen molar-refractivity contribution in [2.24, 2.45) is 5.92 Å². The first-order valence-corrected chi connectivity index (χ1v) is 8.48. The van der Waals surface area contributed by atoms with Gasteiger partial charge in [-0.15, -0.1) is 0 Å². The number of likely N-dealkylation sites (tertiary alicyclic amines) is 1. The third-order valence-electron chi connectivity index (χ3n) is 5.08. The highest BCUT2D eigenvalue weighted by Gasteiger charge is 2.47. The molecule has 0 N–H and O–H groups in total. The Balaban J connectivity index is 1.39. The van der Waals surface area contributed by atoms with Crippen LogP contribution in [0.25, 0.3) is 0 Å². The van der Waals surface area contributed by atoms with E-state index in [2.05, 4.69) is 40.0 Å². The lowest BCUT2D eigenvalue weighted by molar-refractivity contribution is 0.0137. The molecule has 2 aromatic heterocycles. The van der Waals surface area contributed by atoms with Gasteiger partial charge in [-0.25, -0.2) is 0 Å². The predicted molar refractivity (Wildman–Crippen MR) is 88.7 cm³/mol. The molecule has 4 rings (SSSR count). The minimum atomic E-state index is 0.349. The summed E-state index contributed by atoms with van der Waals surface area (Å²) in [6, 6.07) is 12.8. The van der Waals surface area contributed by atoms with Gasteiger partial charge in [0.1, 0.15) is 0 Å². The van der Waals surface area contributed by atoms with Crippen molar-refractivity contribution in [1.29, 1.82) is 0 Å². The minimum Gasteiger partial charge on any atom is -0.370 e. The van der Waals surface area contributed by atoms with E-state index < -0.39 is 0 Å². The van der Waals surface area contributed by atoms with Crippen molar-refractivity contribution in [3.63, 3.8) is 0 Å². The number of ether oxygens (including phenoxy) is 1. The first-order chi connectivity index (χ1) is 11.3. The number of piperidine rings is 1. The Labute approximate surface area is 137 Å². The Bertz CT molecular complexity index is 661. The van der Waals surface area contributed by atoms with Crippen LogP contribution in [0.15, 0.2) is 42.6 Å². The minimum absolute atomic E-state index is 0.349. The van der Waals surface area contributed by atoms with Crippen molar-refractivity contribution < 1.29 is 4.74 Å². The summed E-state index contributed by atoms with van der Waals surface area (Å²) in [7, 11) is 0. The molecule has 1 saturated carbocycles. The third kappa shape index (κ3) is 3.14. The lowest BCUT2D eigenvalue weighted by atomic mass is 10.1. The van der Waals surface area contributed by atoms with Crippen LogP contribution in [-0.2, 0) is 17.9 Å². The van der Waals surface area contributed by atoms with E-state index in [9.17, 15) is 0 Å². The molecule has 3 unspecified atom stereocenters. The molecule has 120 valence electrons. The molecule has 4 nitrogen and oxygen atoms in total. The van der Waals surface area contributed by atoms with E-state index in [0.29, 0.717) is 24.7 Å². The molecule has 0 radical (unpaired) electrons. The van der Waals surface area contributed by atoms with Gasteiger partial charge < -0.3 is 4.74 Å². The summed E-state index contributed by atoms with van der Waals surface area (Å²) in [6.07, 6.45) is 4.71. The van der Waals surface area contributed by atoms with Crippen molar-refractivity contribution in [3.8, 4) is 0 Å². The molecule has 23 heavy (non-hydrogen) atoms. The normalized spacial score (nSPS) is 26.7. The first kappa shape index (κ1) is 14.8. The summed E-state index contributed by atoms with van der Waals surface area (Å²) in [5, 5.41) is 0. The van der Waals surface area contributed by atoms with Crippen LogP contribution in [0.2, 0.25) is 0 Å². The summed E-state index contributed by atoms with van der Waals surface area (Å²) < 4.78 is 6.24. The van der Waals surface area contributed by atoms with Crippen LogP contribution in [0.4, 0.5) is 0 Å². The average molecular weight is 309 g/mol. The molecule has 4 heteroatoms. The van der Waals surface area contributed by atoms with Gasteiger partial charge in [-0.1, -0.05) is 12.1 Å². The van der Waals surface area contributed by atoms with Crippen LogP contribution in [0.3, 0.4) is 0 Å². The average Bonchev–Trinajstić information content (AvgIpc) is 3.10. The number of nitrogens with zero attached hydrogens (tertiary/aromatic N) is 3. The van der Waals surface area contributed by atoms with E-state index in [1.165, 1.54) is 18.5 Å². The molecule has 1 aliphatic heterocycles. The van der Waals surface area contributed by atoms with Crippen molar-refractivity contribution in [2.45, 2.75) is 45.1 Å². The summed E-state index contributed by atoms with van der Waals surface area (Å²) in [5.41, 5.74) is 3.28. The fourth-order valence-corrected chi connectivity index (χ4v) is 4.04. The first-order valence-electron chi connectivity index (χ1n) is 8.48. The number of rotatable bonds is 5. The van der Waals surface area contributed by atoms with E-state index in [4.69, 9.17) is 4.74 Å². The molecule has 3 heterocycles. The van der Waals surface area contributed by atoms with Gasteiger partial charge in [0.2, 0.25) is 0 Å². The van der Waals surface area contributed by atoms with E-state index in [0.717, 1.165) is 24.5 Å². The Morgan fingerprint density at radius 3 is 2.87 bits per heavy atom. The van der Waals surface area contributed by atoms with Crippen molar-refractivity contribution >= 4 is 0 Å². The largest absolute Gasteiger partial charge is 0.370 e. The number of fused-ring (bicyclic) bond motifs is 2. The second kappa shape index (κ2) is 6.38. The molecule has 2 aliphatic rings. The van der Waals surface area contributed by atoms with E-state index >= 15 is 0 Å². The van der Waals surface area contributed by atoms with Gasteiger partial charge in [0.05, 0.1) is 24.1 Å². The summed E-state index contributed by atoms with van der Waals surface area (Å²) in [6.45, 7) is 4.74. The molecule has 2 bridgehead atoms. The molecular weight excluding hydrogens is 286 g/mol. The van der Waals surface area contributed by atoms with Gasteiger partial charge in [0.25, 0.3) is 0 Å². The Hall–Kier alpha value is -1.78. The second-order valence-electron chi connectivity index (χ2n) is 6.70. The van der Waals surface area contributed by atoms with Crippen LogP contribution in [0.5, 0.6) is 0 Å². The number of hydrogen-bond donors (Lipinski definition) is 0. The van der Waals surface area contributed by atoms with Crippen LogP contribution in [0.1, 0.15) is 29.9 Å². The van der Waals surface area contributed by atoms with Crippen LogP contribution >= 0.6 is 0 Å². The van der Waals surface area contributed by atoms with Gasteiger partial charge in [-0.3, -0.25) is 14.9 Å². The summed E-state index contributed by atoms with van der Waals surface area (Å²) in [4.78, 5) is 11.6.